The fourth-order valence-corrected chi connectivity index (χ4v) is 4.93. The zero-order valence-corrected chi connectivity index (χ0v) is 21.6. The van der Waals surface area contributed by atoms with E-state index < -0.39 is 17.7 Å². The number of aliphatic hydroxyl groups excluding tert-OH is 1. The van der Waals surface area contributed by atoms with Gasteiger partial charge in [-0.15, -0.1) is 0 Å². The van der Waals surface area contributed by atoms with E-state index in [-0.39, 0.29) is 11.3 Å². The van der Waals surface area contributed by atoms with Crippen molar-refractivity contribution in [3.63, 3.8) is 0 Å². The van der Waals surface area contributed by atoms with Crippen molar-refractivity contribution >= 4 is 23.1 Å². The van der Waals surface area contributed by atoms with Gasteiger partial charge in [-0.05, 0) is 49.6 Å². The van der Waals surface area contributed by atoms with Crippen molar-refractivity contribution in [1.82, 2.24) is 23.8 Å². The first-order valence-corrected chi connectivity index (χ1v) is 12.9. The number of carbonyl (C=O) groups excluding carboxylic acids is 2. The van der Waals surface area contributed by atoms with E-state index in [0.717, 1.165) is 12.8 Å². The molecule has 0 spiro atoms. The number of Topliss-reactive ketones (excluding diaryl/α,β-unsaturated/α-hetero) is 1. The molecule has 1 fully saturated rings. The molecule has 0 bridgehead atoms. The topological polar surface area (TPSA) is 102 Å². The highest BCUT2D eigenvalue weighted by atomic mass is 16.5. The van der Waals surface area contributed by atoms with E-state index in [4.69, 9.17) is 4.74 Å². The summed E-state index contributed by atoms with van der Waals surface area (Å²) >= 11 is 0. The normalized spacial score (nSPS) is 17.0. The van der Waals surface area contributed by atoms with Gasteiger partial charge in [-0.3, -0.25) is 14.0 Å². The highest BCUT2D eigenvalue weighted by molar-refractivity contribution is 6.46. The molecule has 196 valence electrons. The molecule has 1 N–H and O–H groups in total. The van der Waals surface area contributed by atoms with Gasteiger partial charge in [0.2, 0.25) is 0 Å². The molecule has 5 rings (SSSR count). The molecule has 9 nitrogen and oxygen atoms in total. The Balaban J connectivity index is 1.58. The maximum absolute atomic E-state index is 13.5. The predicted octanol–water partition coefficient (Wildman–Crippen LogP) is 4.53. The number of likely N-dealkylation sites (tertiary alicyclic amines) is 1. The molecule has 0 saturated carbocycles. The SMILES string of the molecule is CCCCOc1cccc(C2/C(=C(\O)c3c(C)nc4ccccn34)C(=O)C(=O)N2CCCn2ccnc2)c1. The van der Waals surface area contributed by atoms with E-state index >= 15 is 0 Å². The number of ether oxygens (including phenoxy) is 1. The standard InChI is InChI=1S/C29H31N5O4/c1-3-4-17-38-22-10-7-9-21(18-22)26-24(27(35)25-20(2)31-23-11-5-6-14-33(23)25)28(36)29(37)34(26)15-8-13-32-16-12-30-19-32/h5-7,9-12,14,16,18-19,26,35H,3-4,8,13,15,17H2,1-2H3/b27-24+. The summed E-state index contributed by atoms with van der Waals surface area (Å²) in [6, 6.07) is 12.2. The molecule has 1 amide bonds. The number of benzene rings is 1. The Labute approximate surface area is 221 Å². The van der Waals surface area contributed by atoms with Gasteiger partial charge in [0.25, 0.3) is 11.7 Å². The van der Waals surface area contributed by atoms with E-state index in [1.54, 1.807) is 34.9 Å². The lowest BCUT2D eigenvalue weighted by Crippen LogP contribution is -2.31. The molecule has 3 aromatic heterocycles. The van der Waals surface area contributed by atoms with Crippen molar-refractivity contribution in [3.8, 4) is 5.75 Å². The van der Waals surface area contributed by atoms with E-state index in [9.17, 15) is 14.7 Å². The molecule has 4 aromatic rings. The van der Waals surface area contributed by atoms with E-state index in [1.807, 2.05) is 53.2 Å². The first-order chi connectivity index (χ1) is 18.5. The van der Waals surface area contributed by atoms with Crippen LogP contribution in [0.15, 0.2) is 73.0 Å². The van der Waals surface area contributed by atoms with Crippen LogP contribution in [0.2, 0.25) is 0 Å². The third-order valence-corrected chi connectivity index (χ3v) is 6.78. The van der Waals surface area contributed by atoms with Crippen LogP contribution >= 0.6 is 0 Å². The number of ketones is 1. The fourth-order valence-electron chi connectivity index (χ4n) is 4.93. The summed E-state index contributed by atoms with van der Waals surface area (Å²) in [6.45, 7) is 5.42. The van der Waals surface area contributed by atoms with Gasteiger partial charge in [0.15, 0.2) is 5.76 Å². The number of fused-ring (bicyclic) bond motifs is 1. The summed E-state index contributed by atoms with van der Waals surface area (Å²) in [7, 11) is 0. The first-order valence-electron chi connectivity index (χ1n) is 12.9. The molecule has 0 aliphatic carbocycles. The smallest absolute Gasteiger partial charge is 0.295 e. The van der Waals surface area contributed by atoms with E-state index in [0.29, 0.717) is 54.5 Å². The molecule has 9 heteroatoms. The van der Waals surface area contributed by atoms with Crippen molar-refractivity contribution < 1.29 is 19.4 Å². The average Bonchev–Trinajstić information content (AvgIpc) is 3.62. The molecule has 1 aliphatic rings. The summed E-state index contributed by atoms with van der Waals surface area (Å²) in [5, 5.41) is 11.6. The van der Waals surface area contributed by atoms with Gasteiger partial charge in [-0.2, -0.15) is 0 Å². The van der Waals surface area contributed by atoms with Crippen LogP contribution in [0, 0.1) is 6.92 Å². The summed E-state index contributed by atoms with van der Waals surface area (Å²) in [5.74, 6) is -0.923. The van der Waals surface area contributed by atoms with Gasteiger partial charge in [-0.1, -0.05) is 31.5 Å². The van der Waals surface area contributed by atoms with Gasteiger partial charge < -0.3 is 19.3 Å². The first kappa shape index (κ1) is 25.3. The number of nitrogens with zero attached hydrogens (tertiary/aromatic N) is 5. The Morgan fingerprint density at radius 3 is 2.74 bits per heavy atom. The van der Waals surface area contributed by atoms with Gasteiger partial charge in [0, 0.05) is 31.7 Å². The Morgan fingerprint density at radius 1 is 1.08 bits per heavy atom. The lowest BCUT2D eigenvalue weighted by Gasteiger charge is -2.26. The molecule has 38 heavy (non-hydrogen) atoms. The number of aliphatic hydroxyl groups is 1. The minimum Gasteiger partial charge on any atom is -0.505 e. The van der Waals surface area contributed by atoms with E-state index in [2.05, 4.69) is 16.9 Å². The second-order valence-electron chi connectivity index (χ2n) is 9.40. The van der Waals surface area contributed by atoms with Gasteiger partial charge >= 0.3 is 0 Å². The number of imidazole rings is 2. The molecule has 0 radical (unpaired) electrons. The minimum atomic E-state index is -0.763. The van der Waals surface area contributed by atoms with Crippen LogP contribution in [-0.2, 0) is 16.1 Å². The summed E-state index contributed by atoms with van der Waals surface area (Å²) in [6.07, 6.45) is 9.60. The Bertz CT molecular complexity index is 1490. The average molecular weight is 514 g/mol. The maximum atomic E-state index is 13.5. The number of aryl methyl sites for hydroxylation is 2. The molecule has 1 saturated heterocycles. The molecule has 1 aromatic carbocycles. The van der Waals surface area contributed by atoms with Crippen LogP contribution in [0.4, 0.5) is 0 Å². The quantitative estimate of drug-likeness (QED) is 0.145. The monoisotopic (exact) mass is 513 g/mol. The van der Waals surface area contributed by atoms with Gasteiger partial charge in [0.05, 0.1) is 30.2 Å². The van der Waals surface area contributed by atoms with Gasteiger partial charge in [0.1, 0.15) is 17.1 Å². The second-order valence-corrected chi connectivity index (χ2v) is 9.40. The van der Waals surface area contributed by atoms with Crippen LogP contribution in [0.5, 0.6) is 5.75 Å². The summed E-state index contributed by atoms with van der Waals surface area (Å²) < 4.78 is 9.58. The Morgan fingerprint density at radius 2 is 1.95 bits per heavy atom. The Hall–Kier alpha value is -4.40. The lowest BCUT2D eigenvalue weighted by molar-refractivity contribution is -0.139. The number of pyridine rings is 1. The Kier molecular flexibility index (Phi) is 7.26. The highest BCUT2D eigenvalue weighted by Gasteiger charge is 2.46. The summed E-state index contributed by atoms with van der Waals surface area (Å²) in [4.78, 5) is 37.0. The molecule has 4 heterocycles. The van der Waals surface area contributed by atoms with Crippen molar-refractivity contribution in [1.29, 1.82) is 0 Å². The van der Waals surface area contributed by atoms with Crippen LogP contribution in [0.25, 0.3) is 11.4 Å². The molecular formula is C29H31N5O4. The second kappa shape index (κ2) is 10.9. The molecule has 1 unspecified atom stereocenters. The molecule has 1 aliphatic heterocycles. The van der Waals surface area contributed by atoms with Gasteiger partial charge in [-0.25, -0.2) is 9.97 Å². The number of aromatic nitrogens is 4. The van der Waals surface area contributed by atoms with Crippen molar-refractivity contribution in [2.75, 3.05) is 13.2 Å². The highest BCUT2D eigenvalue weighted by Crippen LogP contribution is 2.41. The zero-order valence-electron chi connectivity index (χ0n) is 21.6. The van der Waals surface area contributed by atoms with Crippen LogP contribution < -0.4 is 4.74 Å². The maximum Gasteiger partial charge on any atom is 0.295 e. The fraction of sp³-hybridized carbons (Fsp3) is 0.310. The molecular weight excluding hydrogens is 482 g/mol. The van der Waals surface area contributed by atoms with Crippen molar-refractivity contribution in [3.05, 3.63) is 89.9 Å². The predicted molar refractivity (Wildman–Crippen MR) is 143 cm³/mol. The third kappa shape index (κ3) is 4.79. The van der Waals surface area contributed by atoms with Crippen LogP contribution in [0.3, 0.4) is 0 Å². The minimum absolute atomic E-state index is 0.0529. The number of unbranched alkanes of at least 4 members (excludes halogenated alkanes) is 1. The summed E-state index contributed by atoms with van der Waals surface area (Å²) in [5.41, 5.74) is 2.36. The zero-order chi connectivity index (χ0) is 26.6. The lowest BCUT2D eigenvalue weighted by atomic mass is 9.96. The number of hydrogen-bond acceptors (Lipinski definition) is 6. The molecule has 1 atom stereocenters. The number of rotatable bonds is 10. The number of amides is 1. The number of hydrogen-bond donors (Lipinski definition) is 1. The van der Waals surface area contributed by atoms with Crippen molar-refractivity contribution in [2.45, 2.75) is 45.7 Å². The van der Waals surface area contributed by atoms with E-state index in [1.165, 1.54) is 0 Å². The number of carbonyl (C=O) groups is 2. The van der Waals surface area contributed by atoms with Crippen LogP contribution in [-0.4, -0.2) is 53.8 Å². The largest absolute Gasteiger partial charge is 0.505 e. The van der Waals surface area contributed by atoms with Crippen molar-refractivity contribution in [2.24, 2.45) is 0 Å². The van der Waals surface area contributed by atoms with Crippen LogP contribution in [0.1, 0.15) is 49.2 Å². The third-order valence-electron chi connectivity index (χ3n) is 6.78.